The average Bonchev–Trinajstić information content (AvgIpc) is 2.69. The molecule has 0 atom stereocenters. The molecule has 0 radical (unpaired) electrons. The van der Waals surface area contributed by atoms with Gasteiger partial charge in [-0.25, -0.2) is 4.98 Å². The molecule has 0 bridgehead atoms. The van der Waals surface area contributed by atoms with E-state index >= 15 is 0 Å². The van der Waals surface area contributed by atoms with Crippen molar-refractivity contribution in [2.24, 2.45) is 0 Å². The summed E-state index contributed by atoms with van der Waals surface area (Å²) >= 11 is 0. The van der Waals surface area contributed by atoms with Crippen LogP contribution in [-0.2, 0) is 0 Å². The monoisotopic (exact) mass is 211 g/mol. The first kappa shape index (κ1) is 10.4. The van der Waals surface area contributed by atoms with Crippen molar-refractivity contribution in [3.63, 3.8) is 0 Å². The summed E-state index contributed by atoms with van der Waals surface area (Å²) in [5, 5.41) is 8.94. The molecule has 1 aromatic heterocycles. The molecular weight excluding hydrogens is 198 g/mol. The predicted octanol–water partition coefficient (Wildman–Crippen LogP) is 2.67. The van der Waals surface area contributed by atoms with E-state index in [4.69, 9.17) is 5.26 Å². The summed E-state index contributed by atoms with van der Waals surface area (Å²) in [5.41, 5.74) is 4.96. The lowest BCUT2D eigenvalue weighted by Gasteiger charge is -2.10. The van der Waals surface area contributed by atoms with E-state index in [1.54, 1.807) is 6.33 Å². The third kappa shape index (κ3) is 1.59. The maximum absolute atomic E-state index is 8.94. The first-order valence-electron chi connectivity index (χ1n) is 5.14. The van der Waals surface area contributed by atoms with E-state index in [0.717, 1.165) is 28.1 Å². The summed E-state index contributed by atoms with van der Waals surface area (Å²) in [6.45, 7) is 5.96. The number of aryl methyl sites for hydroxylation is 1. The van der Waals surface area contributed by atoms with E-state index in [9.17, 15) is 0 Å². The lowest BCUT2D eigenvalue weighted by molar-refractivity contribution is 1.03. The van der Waals surface area contributed by atoms with Gasteiger partial charge in [0.2, 0.25) is 0 Å². The van der Waals surface area contributed by atoms with Gasteiger partial charge in [0.05, 0.1) is 23.7 Å². The van der Waals surface area contributed by atoms with Gasteiger partial charge in [-0.3, -0.25) is 0 Å². The van der Waals surface area contributed by atoms with Crippen molar-refractivity contribution in [2.75, 3.05) is 0 Å². The molecule has 2 rings (SSSR count). The van der Waals surface area contributed by atoms with Crippen LogP contribution in [0.1, 0.15) is 22.4 Å². The van der Waals surface area contributed by atoms with E-state index in [2.05, 4.69) is 11.1 Å². The molecule has 0 aliphatic heterocycles. The molecule has 80 valence electrons. The molecule has 0 unspecified atom stereocenters. The molecule has 0 saturated carbocycles. The van der Waals surface area contributed by atoms with Gasteiger partial charge in [0.15, 0.2) is 0 Å². The summed E-state index contributed by atoms with van der Waals surface area (Å²) in [6.07, 6.45) is 3.77. The van der Waals surface area contributed by atoms with Crippen molar-refractivity contribution in [3.05, 3.63) is 47.0 Å². The highest BCUT2D eigenvalue weighted by atomic mass is 15.0. The maximum Gasteiger partial charge on any atom is 0.0995 e. The van der Waals surface area contributed by atoms with Crippen LogP contribution in [-0.4, -0.2) is 9.55 Å². The largest absolute Gasteiger partial charge is 0.306 e. The Morgan fingerprint density at radius 2 is 1.94 bits per heavy atom. The number of rotatable bonds is 1. The second-order valence-electron chi connectivity index (χ2n) is 3.92. The van der Waals surface area contributed by atoms with Crippen LogP contribution in [0.2, 0.25) is 0 Å². The molecule has 0 aliphatic carbocycles. The van der Waals surface area contributed by atoms with Crippen LogP contribution in [0.3, 0.4) is 0 Å². The Morgan fingerprint density at radius 3 is 2.50 bits per heavy atom. The number of aromatic nitrogens is 2. The van der Waals surface area contributed by atoms with E-state index in [1.807, 2.05) is 43.7 Å². The van der Waals surface area contributed by atoms with Gasteiger partial charge in [0, 0.05) is 11.9 Å². The van der Waals surface area contributed by atoms with Crippen LogP contribution in [0.25, 0.3) is 5.69 Å². The van der Waals surface area contributed by atoms with Gasteiger partial charge in [-0.2, -0.15) is 5.26 Å². The second kappa shape index (κ2) is 3.82. The molecule has 0 aliphatic rings. The number of hydrogen-bond acceptors (Lipinski definition) is 2. The first-order chi connectivity index (χ1) is 7.63. The van der Waals surface area contributed by atoms with Gasteiger partial charge in [0.25, 0.3) is 0 Å². The molecule has 3 heteroatoms. The molecule has 0 saturated heterocycles. The van der Waals surface area contributed by atoms with Crippen LogP contribution in [0, 0.1) is 32.1 Å². The molecule has 0 fully saturated rings. The molecular formula is C13H13N3. The van der Waals surface area contributed by atoms with Crippen molar-refractivity contribution in [2.45, 2.75) is 20.8 Å². The molecule has 0 N–H and O–H groups in total. The van der Waals surface area contributed by atoms with Gasteiger partial charge in [-0.1, -0.05) is 0 Å². The minimum absolute atomic E-state index is 0.734. The fraction of sp³-hybridized carbons (Fsp3) is 0.231. The number of nitrogens with zero attached hydrogens (tertiary/aromatic N) is 3. The molecule has 16 heavy (non-hydrogen) atoms. The first-order valence-corrected chi connectivity index (χ1v) is 5.14. The fourth-order valence-corrected chi connectivity index (χ4v) is 1.76. The lowest BCUT2D eigenvalue weighted by Crippen LogP contribution is -1.97. The van der Waals surface area contributed by atoms with Crippen molar-refractivity contribution < 1.29 is 0 Å². The van der Waals surface area contributed by atoms with Gasteiger partial charge in [-0.15, -0.1) is 0 Å². The van der Waals surface area contributed by atoms with Gasteiger partial charge < -0.3 is 4.57 Å². The predicted molar refractivity (Wildman–Crippen MR) is 62.5 cm³/mol. The Kier molecular flexibility index (Phi) is 2.49. The normalized spacial score (nSPS) is 10.1. The van der Waals surface area contributed by atoms with Gasteiger partial charge >= 0.3 is 0 Å². The maximum atomic E-state index is 8.94. The van der Waals surface area contributed by atoms with E-state index in [-0.39, 0.29) is 0 Å². The van der Waals surface area contributed by atoms with Crippen LogP contribution in [0.15, 0.2) is 24.7 Å². The Hall–Kier alpha value is -2.08. The smallest absolute Gasteiger partial charge is 0.0995 e. The molecule has 1 aromatic carbocycles. The van der Waals surface area contributed by atoms with E-state index in [0.29, 0.717) is 0 Å². The standard InChI is InChI=1S/C13H13N3/c1-9-7-16(8-15-9)13-5-4-12(6-14)10(2)11(13)3/h4-5,7-8H,1-3H3. The summed E-state index contributed by atoms with van der Waals surface area (Å²) < 4.78 is 1.98. The third-order valence-electron chi connectivity index (χ3n) is 2.87. The number of imidazole rings is 1. The number of benzene rings is 1. The highest BCUT2D eigenvalue weighted by Crippen LogP contribution is 2.20. The minimum atomic E-state index is 0.734. The van der Waals surface area contributed by atoms with Crippen molar-refractivity contribution >= 4 is 0 Å². The Labute approximate surface area is 95.0 Å². The zero-order valence-corrected chi connectivity index (χ0v) is 9.65. The SMILES string of the molecule is Cc1cn(-c2ccc(C#N)c(C)c2C)cn1. The highest BCUT2D eigenvalue weighted by molar-refractivity contribution is 5.52. The fourth-order valence-electron chi connectivity index (χ4n) is 1.76. The molecule has 1 heterocycles. The van der Waals surface area contributed by atoms with E-state index in [1.165, 1.54) is 0 Å². The Balaban J connectivity index is 2.60. The molecule has 0 spiro atoms. The minimum Gasteiger partial charge on any atom is -0.306 e. The summed E-state index contributed by atoms with van der Waals surface area (Å²) in [6, 6.07) is 6.01. The summed E-state index contributed by atoms with van der Waals surface area (Å²) in [4.78, 5) is 4.20. The summed E-state index contributed by atoms with van der Waals surface area (Å²) in [5.74, 6) is 0. The van der Waals surface area contributed by atoms with Crippen molar-refractivity contribution in [1.82, 2.24) is 9.55 Å². The average molecular weight is 211 g/mol. The van der Waals surface area contributed by atoms with Crippen LogP contribution in [0.4, 0.5) is 0 Å². The molecule has 2 aromatic rings. The van der Waals surface area contributed by atoms with Crippen LogP contribution < -0.4 is 0 Å². The number of nitriles is 1. The molecule has 0 amide bonds. The van der Waals surface area contributed by atoms with Crippen molar-refractivity contribution in [3.8, 4) is 11.8 Å². The second-order valence-corrected chi connectivity index (χ2v) is 3.92. The van der Waals surface area contributed by atoms with Crippen LogP contribution in [0.5, 0.6) is 0 Å². The summed E-state index contributed by atoms with van der Waals surface area (Å²) in [7, 11) is 0. The number of hydrogen-bond donors (Lipinski definition) is 0. The Morgan fingerprint density at radius 1 is 1.19 bits per heavy atom. The topological polar surface area (TPSA) is 41.6 Å². The van der Waals surface area contributed by atoms with Gasteiger partial charge in [0.1, 0.15) is 0 Å². The zero-order valence-electron chi connectivity index (χ0n) is 9.65. The molecule has 3 nitrogen and oxygen atoms in total. The lowest BCUT2D eigenvalue weighted by atomic mass is 10.0. The quantitative estimate of drug-likeness (QED) is 0.727. The Bertz CT molecular complexity index is 573. The highest BCUT2D eigenvalue weighted by Gasteiger charge is 2.07. The third-order valence-corrected chi connectivity index (χ3v) is 2.87. The van der Waals surface area contributed by atoms with Crippen LogP contribution >= 0.6 is 0 Å². The van der Waals surface area contributed by atoms with Crippen molar-refractivity contribution in [1.29, 1.82) is 5.26 Å². The van der Waals surface area contributed by atoms with Gasteiger partial charge in [-0.05, 0) is 44.0 Å². The van der Waals surface area contributed by atoms with E-state index < -0.39 is 0 Å². The zero-order chi connectivity index (χ0) is 11.7.